The van der Waals surface area contributed by atoms with E-state index in [9.17, 15) is 5.26 Å². The van der Waals surface area contributed by atoms with Gasteiger partial charge < -0.3 is 9.64 Å². The zero-order chi connectivity index (χ0) is 37.8. The number of rotatable bonds is 9. The van der Waals surface area contributed by atoms with Gasteiger partial charge in [0.1, 0.15) is 5.75 Å². The fraction of sp³-hybridized carbons (Fsp3) is 0.500. The molecule has 0 amide bonds. The highest BCUT2D eigenvalue weighted by molar-refractivity contribution is 8.03. The lowest BCUT2D eigenvalue weighted by molar-refractivity contribution is -0.00613. The molecule has 1 heterocycles. The molecule has 6 aliphatic rings. The summed E-state index contributed by atoms with van der Waals surface area (Å²) in [6.07, 6.45) is 19.0. The Morgan fingerprint density at radius 3 is 2.19 bits per heavy atom. The van der Waals surface area contributed by atoms with Gasteiger partial charge in [-0.3, -0.25) is 0 Å². The molecule has 0 aromatic heterocycles. The van der Waals surface area contributed by atoms with Gasteiger partial charge >= 0.3 is 0 Å². The van der Waals surface area contributed by atoms with Crippen molar-refractivity contribution in [3.05, 3.63) is 111 Å². The van der Waals surface area contributed by atoms with Crippen LogP contribution in [0.15, 0.2) is 87.7 Å². The number of thioether (sulfide) groups is 1. The largest absolute Gasteiger partial charge is 0.496 e. The number of hydrogen-bond acceptors (Lipinski definition) is 4. The Balaban J connectivity index is 1.13. The first-order chi connectivity index (χ1) is 26.0. The number of allylic oxidation sites excluding steroid dienone is 4. The van der Waals surface area contributed by atoms with Crippen LogP contribution >= 0.6 is 11.8 Å². The van der Waals surface area contributed by atoms with E-state index in [2.05, 4.69) is 119 Å². The molecule has 1 aliphatic heterocycles. The third kappa shape index (κ3) is 7.11. The minimum absolute atomic E-state index is 0.0780. The van der Waals surface area contributed by atoms with E-state index in [-0.39, 0.29) is 5.41 Å². The van der Waals surface area contributed by atoms with E-state index in [0.29, 0.717) is 17.3 Å². The molecule has 0 radical (unpaired) electrons. The Bertz CT molecular complexity index is 1990. The molecule has 5 aliphatic carbocycles. The number of anilines is 2. The molecule has 54 heavy (non-hydrogen) atoms. The van der Waals surface area contributed by atoms with Crippen LogP contribution < -0.4 is 9.64 Å². The SMILES string of the molecule is COc1ccc(N2CCCc3cc(/C=C/C4=C(Sc5c(C(C)C)cccc5C(C)C)C(=C/C#N)/CC(C)(C)C4)ccc32)cc1C12CC3CC(CC(C3)C1)C2. The summed E-state index contributed by atoms with van der Waals surface area (Å²) in [5.74, 6) is 4.64. The molecule has 0 unspecified atom stereocenters. The van der Waals surface area contributed by atoms with Gasteiger partial charge in [-0.2, -0.15) is 5.26 Å². The van der Waals surface area contributed by atoms with Crippen LogP contribution in [0.2, 0.25) is 0 Å². The van der Waals surface area contributed by atoms with Crippen molar-refractivity contribution in [3.63, 3.8) is 0 Å². The second kappa shape index (κ2) is 14.8. The van der Waals surface area contributed by atoms with Gasteiger partial charge in [0.2, 0.25) is 0 Å². The summed E-state index contributed by atoms with van der Waals surface area (Å²) in [6.45, 7) is 14.9. The van der Waals surface area contributed by atoms with E-state index in [4.69, 9.17) is 4.74 Å². The lowest BCUT2D eigenvalue weighted by atomic mass is 9.48. The highest BCUT2D eigenvalue weighted by Crippen LogP contribution is 2.62. The highest BCUT2D eigenvalue weighted by Gasteiger charge is 2.52. The Morgan fingerprint density at radius 2 is 1.56 bits per heavy atom. The van der Waals surface area contributed by atoms with Gasteiger partial charge in [-0.05, 0) is 168 Å². The quantitative estimate of drug-likeness (QED) is 0.205. The monoisotopic (exact) mass is 736 g/mol. The molecule has 0 spiro atoms. The van der Waals surface area contributed by atoms with Crippen molar-refractivity contribution in [2.24, 2.45) is 23.2 Å². The van der Waals surface area contributed by atoms with E-state index in [1.807, 2.05) is 24.9 Å². The predicted octanol–water partition coefficient (Wildman–Crippen LogP) is 13.8. The van der Waals surface area contributed by atoms with Crippen molar-refractivity contribution in [1.29, 1.82) is 5.26 Å². The summed E-state index contributed by atoms with van der Waals surface area (Å²) in [7, 11) is 1.87. The fourth-order valence-corrected chi connectivity index (χ4v) is 13.1. The van der Waals surface area contributed by atoms with Gasteiger partial charge in [0, 0.05) is 39.4 Å². The van der Waals surface area contributed by atoms with Gasteiger partial charge in [0.15, 0.2) is 0 Å². The van der Waals surface area contributed by atoms with Crippen LogP contribution in [-0.2, 0) is 11.8 Å². The van der Waals surface area contributed by atoms with E-state index in [1.54, 1.807) is 0 Å². The lowest BCUT2D eigenvalue weighted by Gasteiger charge is -2.57. The fourth-order valence-electron chi connectivity index (χ4n) is 11.5. The average molecular weight is 737 g/mol. The standard InChI is InChI=1S/C50H60N2OS/c1-32(2)42-11-8-12-43(33(3)4)48(42)54-47-39(30-49(5,6)31-40(47)19-20-51)15-13-34-14-17-45-38(25-34)10-9-21-52(45)41-16-18-46(53-7)44(26-41)50-27-35-22-36(28-50)24-37(23-35)29-50/h8,11-19,25-26,32-33,35-37H,9-10,21-24,27-31H2,1-7H3/b15-13+,40-19+. The molecule has 9 rings (SSSR count). The van der Waals surface area contributed by atoms with Gasteiger partial charge in [0.05, 0.1) is 13.2 Å². The van der Waals surface area contributed by atoms with Gasteiger partial charge in [-0.15, -0.1) is 0 Å². The van der Waals surface area contributed by atoms with Gasteiger partial charge in [0.25, 0.3) is 0 Å². The van der Waals surface area contributed by atoms with Gasteiger partial charge in [-0.25, -0.2) is 0 Å². The molecule has 3 aromatic carbocycles. The van der Waals surface area contributed by atoms with Gasteiger partial charge in [-0.1, -0.05) is 89.7 Å². The smallest absolute Gasteiger partial charge is 0.122 e. The molecule has 4 bridgehead atoms. The van der Waals surface area contributed by atoms with E-state index in [0.717, 1.165) is 55.7 Å². The number of fused-ring (bicyclic) bond motifs is 1. The number of benzene rings is 3. The number of hydrogen-bond donors (Lipinski definition) is 0. The van der Waals surface area contributed by atoms with Crippen molar-refractivity contribution in [2.75, 3.05) is 18.6 Å². The molecule has 4 heteroatoms. The van der Waals surface area contributed by atoms with Crippen LogP contribution in [0.1, 0.15) is 139 Å². The molecule has 0 saturated heterocycles. The van der Waals surface area contributed by atoms with Crippen LogP contribution in [0.25, 0.3) is 6.08 Å². The Hall–Kier alpha value is -3.68. The van der Waals surface area contributed by atoms with Crippen molar-refractivity contribution in [2.45, 2.75) is 128 Å². The van der Waals surface area contributed by atoms with E-state index < -0.39 is 0 Å². The zero-order valence-corrected chi connectivity index (χ0v) is 34.6. The second-order valence-corrected chi connectivity index (χ2v) is 19.9. The molecule has 282 valence electrons. The summed E-state index contributed by atoms with van der Waals surface area (Å²) in [5, 5.41) is 9.94. The number of methoxy groups -OCH3 is 1. The molecule has 4 fully saturated rings. The molecule has 3 aromatic rings. The minimum Gasteiger partial charge on any atom is -0.496 e. The normalized spacial score (nSPS) is 26.6. The summed E-state index contributed by atoms with van der Waals surface area (Å²) >= 11 is 1.90. The summed E-state index contributed by atoms with van der Waals surface area (Å²) in [5.41, 5.74) is 12.5. The molecule has 0 atom stereocenters. The van der Waals surface area contributed by atoms with Crippen LogP contribution in [0.4, 0.5) is 11.4 Å². The molecule has 3 nitrogen and oxygen atoms in total. The second-order valence-electron chi connectivity index (χ2n) is 18.9. The van der Waals surface area contributed by atoms with E-state index in [1.165, 1.54) is 98.7 Å². The van der Waals surface area contributed by atoms with Crippen LogP contribution in [-0.4, -0.2) is 13.7 Å². The van der Waals surface area contributed by atoms with Crippen molar-refractivity contribution in [3.8, 4) is 11.8 Å². The maximum atomic E-state index is 9.94. The van der Waals surface area contributed by atoms with E-state index >= 15 is 0 Å². The lowest BCUT2D eigenvalue weighted by Crippen LogP contribution is -2.48. The first-order valence-corrected chi connectivity index (χ1v) is 21.7. The van der Waals surface area contributed by atoms with Crippen molar-refractivity contribution >= 4 is 29.2 Å². The summed E-state index contributed by atoms with van der Waals surface area (Å²) in [4.78, 5) is 5.21. The molecule has 4 saturated carbocycles. The number of nitrogens with zero attached hydrogens (tertiary/aromatic N) is 2. The van der Waals surface area contributed by atoms with Crippen LogP contribution in [0.3, 0.4) is 0 Å². The topological polar surface area (TPSA) is 36.3 Å². The Labute approximate surface area is 330 Å². The third-order valence-corrected chi connectivity index (χ3v) is 14.9. The summed E-state index contributed by atoms with van der Waals surface area (Å²) in [6, 6.07) is 23.4. The molecular formula is C50H60N2OS. The minimum atomic E-state index is 0.0780. The third-order valence-electron chi connectivity index (χ3n) is 13.5. The number of nitriles is 1. The highest BCUT2D eigenvalue weighted by atomic mass is 32.2. The maximum absolute atomic E-state index is 9.94. The Kier molecular flexibility index (Phi) is 10.2. The maximum Gasteiger partial charge on any atom is 0.122 e. The van der Waals surface area contributed by atoms with Crippen molar-refractivity contribution < 1.29 is 4.74 Å². The number of aryl methyl sites for hydroxylation is 1. The predicted molar refractivity (Wildman–Crippen MR) is 228 cm³/mol. The average Bonchev–Trinajstić information content (AvgIpc) is 3.13. The molecule has 0 N–H and O–H groups in total. The first-order valence-electron chi connectivity index (χ1n) is 20.9. The zero-order valence-electron chi connectivity index (χ0n) is 33.8. The summed E-state index contributed by atoms with van der Waals surface area (Å²) < 4.78 is 6.09. The van der Waals surface area contributed by atoms with Crippen LogP contribution in [0.5, 0.6) is 5.75 Å². The molecular weight excluding hydrogens is 677 g/mol. The first kappa shape index (κ1) is 37.3. The van der Waals surface area contributed by atoms with Crippen LogP contribution in [0, 0.1) is 34.5 Å². The number of ether oxygens (including phenoxy) is 1. The Morgan fingerprint density at radius 1 is 0.870 bits per heavy atom. The van der Waals surface area contributed by atoms with Crippen molar-refractivity contribution in [1.82, 2.24) is 0 Å².